The van der Waals surface area contributed by atoms with Gasteiger partial charge in [-0.05, 0) is 19.1 Å². The Hall–Kier alpha value is -2.48. The van der Waals surface area contributed by atoms with Crippen molar-refractivity contribution < 1.29 is 4.74 Å². The van der Waals surface area contributed by atoms with Gasteiger partial charge < -0.3 is 10.1 Å². The largest absolute Gasteiger partial charge is 0.497 e. The molecular weight excluding hydrogens is 228 g/mol. The first-order valence-corrected chi connectivity index (χ1v) is 5.50. The summed E-state index contributed by atoms with van der Waals surface area (Å²) >= 11 is 0. The molecule has 18 heavy (non-hydrogen) atoms. The first-order valence-electron chi connectivity index (χ1n) is 5.50. The fourth-order valence-corrected chi connectivity index (χ4v) is 1.77. The average Bonchev–Trinajstić information content (AvgIpc) is 2.64. The molecule has 1 heterocycles. The van der Waals surface area contributed by atoms with Gasteiger partial charge in [0, 0.05) is 18.8 Å². The normalized spacial score (nSPS) is 9.89. The minimum atomic E-state index is 0.556. The molecule has 0 aliphatic carbocycles. The number of nitriles is 1. The molecule has 0 aliphatic heterocycles. The average molecular weight is 242 g/mol. The van der Waals surface area contributed by atoms with E-state index in [9.17, 15) is 0 Å². The van der Waals surface area contributed by atoms with Crippen LogP contribution in [0.15, 0.2) is 24.3 Å². The van der Waals surface area contributed by atoms with Crippen molar-refractivity contribution in [3.63, 3.8) is 0 Å². The zero-order chi connectivity index (χ0) is 13.1. The lowest BCUT2D eigenvalue weighted by atomic mass is 10.2. The molecule has 2 rings (SSSR count). The summed E-state index contributed by atoms with van der Waals surface area (Å²) in [5.74, 6) is 1.45. The number of hydrogen-bond acceptors (Lipinski definition) is 4. The van der Waals surface area contributed by atoms with Crippen LogP contribution in [-0.2, 0) is 7.05 Å². The number of aromatic nitrogens is 2. The van der Waals surface area contributed by atoms with Crippen molar-refractivity contribution in [3.05, 3.63) is 35.5 Å². The predicted molar refractivity (Wildman–Crippen MR) is 68.9 cm³/mol. The molecule has 0 amide bonds. The Morgan fingerprint density at radius 2 is 2.22 bits per heavy atom. The van der Waals surface area contributed by atoms with E-state index in [0.717, 1.165) is 11.4 Å². The second-order valence-corrected chi connectivity index (χ2v) is 3.90. The molecule has 0 radical (unpaired) electrons. The Morgan fingerprint density at radius 1 is 1.44 bits per heavy atom. The summed E-state index contributed by atoms with van der Waals surface area (Å²) in [7, 11) is 3.42. The fourth-order valence-electron chi connectivity index (χ4n) is 1.77. The van der Waals surface area contributed by atoms with Crippen LogP contribution in [-0.4, -0.2) is 16.9 Å². The lowest BCUT2D eigenvalue weighted by Crippen LogP contribution is -2.00. The van der Waals surface area contributed by atoms with Crippen molar-refractivity contribution in [2.24, 2.45) is 7.05 Å². The van der Waals surface area contributed by atoms with Crippen LogP contribution in [0.3, 0.4) is 0 Å². The van der Waals surface area contributed by atoms with Gasteiger partial charge in [-0.1, -0.05) is 6.07 Å². The second-order valence-electron chi connectivity index (χ2n) is 3.90. The molecule has 0 bridgehead atoms. The maximum atomic E-state index is 9.12. The molecule has 0 fully saturated rings. The summed E-state index contributed by atoms with van der Waals surface area (Å²) in [6.45, 7) is 1.81. The molecule has 0 spiro atoms. The first kappa shape index (κ1) is 12.0. The van der Waals surface area contributed by atoms with Gasteiger partial charge in [0.15, 0.2) is 0 Å². The van der Waals surface area contributed by atoms with E-state index in [4.69, 9.17) is 10.00 Å². The Bertz CT molecular complexity index is 610. The molecule has 0 atom stereocenters. The molecule has 1 aromatic carbocycles. The maximum Gasteiger partial charge on any atom is 0.146 e. The molecule has 0 saturated heterocycles. The lowest BCUT2D eigenvalue weighted by Gasteiger charge is -2.08. The van der Waals surface area contributed by atoms with E-state index >= 15 is 0 Å². The van der Waals surface area contributed by atoms with Gasteiger partial charge in [0.1, 0.15) is 23.2 Å². The van der Waals surface area contributed by atoms with Gasteiger partial charge in [0.05, 0.1) is 12.8 Å². The fraction of sp³-hybridized carbons (Fsp3) is 0.231. The van der Waals surface area contributed by atoms with Crippen LogP contribution in [0.5, 0.6) is 5.75 Å². The van der Waals surface area contributed by atoms with E-state index in [1.807, 2.05) is 31.2 Å². The van der Waals surface area contributed by atoms with E-state index in [-0.39, 0.29) is 0 Å². The molecule has 0 unspecified atom stereocenters. The van der Waals surface area contributed by atoms with Crippen LogP contribution in [0.2, 0.25) is 0 Å². The number of benzene rings is 1. The minimum absolute atomic E-state index is 0.556. The Balaban J connectivity index is 2.37. The predicted octanol–water partition coefficient (Wildman–Crippen LogP) is 2.35. The molecule has 0 aliphatic rings. The number of nitrogens with zero attached hydrogens (tertiary/aromatic N) is 3. The number of methoxy groups -OCH3 is 1. The van der Waals surface area contributed by atoms with Crippen molar-refractivity contribution in [1.82, 2.24) is 9.78 Å². The third kappa shape index (κ3) is 2.13. The minimum Gasteiger partial charge on any atom is -0.497 e. The molecule has 2 aromatic rings. The maximum absolute atomic E-state index is 9.12. The topological polar surface area (TPSA) is 62.9 Å². The van der Waals surface area contributed by atoms with E-state index in [1.54, 1.807) is 18.8 Å². The molecule has 1 N–H and O–H groups in total. The highest BCUT2D eigenvalue weighted by molar-refractivity contribution is 5.65. The van der Waals surface area contributed by atoms with Gasteiger partial charge in [-0.25, -0.2) is 0 Å². The van der Waals surface area contributed by atoms with Gasteiger partial charge >= 0.3 is 0 Å². The van der Waals surface area contributed by atoms with Crippen molar-refractivity contribution in [2.75, 3.05) is 12.4 Å². The number of anilines is 2. The molecule has 5 heteroatoms. The zero-order valence-electron chi connectivity index (χ0n) is 10.6. The zero-order valence-corrected chi connectivity index (χ0v) is 10.6. The van der Waals surface area contributed by atoms with Crippen LogP contribution in [0.1, 0.15) is 11.3 Å². The van der Waals surface area contributed by atoms with Gasteiger partial charge in [0.2, 0.25) is 0 Å². The smallest absolute Gasteiger partial charge is 0.146 e. The third-order valence-corrected chi connectivity index (χ3v) is 2.67. The number of hydrogen-bond donors (Lipinski definition) is 1. The second kappa shape index (κ2) is 4.80. The Labute approximate surface area is 106 Å². The molecule has 1 aromatic heterocycles. The molecular formula is C13H14N4O. The van der Waals surface area contributed by atoms with Gasteiger partial charge in [-0.3, -0.25) is 4.68 Å². The summed E-state index contributed by atoms with van der Waals surface area (Å²) in [6.07, 6.45) is 0. The van der Waals surface area contributed by atoms with E-state index in [2.05, 4.69) is 16.5 Å². The summed E-state index contributed by atoms with van der Waals surface area (Å²) in [5.41, 5.74) is 2.12. The summed E-state index contributed by atoms with van der Waals surface area (Å²) in [5, 5.41) is 16.5. The standard InChI is InChI=1S/C13H14N4O/c1-9-12(8-14)13(17(2)16-9)15-10-5-4-6-11(7-10)18-3/h4-7,15H,1-3H3. The summed E-state index contributed by atoms with van der Waals surface area (Å²) in [4.78, 5) is 0. The van der Waals surface area contributed by atoms with E-state index < -0.39 is 0 Å². The quantitative estimate of drug-likeness (QED) is 0.897. The number of ether oxygens (including phenoxy) is 1. The number of nitrogens with one attached hydrogen (secondary N) is 1. The third-order valence-electron chi connectivity index (χ3n) is 2.67. The van der Waals surface area contributed by atoms with Crippen LogP contribution in [0, 0.1) is 18.3 Å². The number of aryl methyl sites for hydroxylation is 2. The Morgan fingerprint density at radius 3 is 2.89 bits per heavy atom. The van der Waals surface area contributed by atoms with Crippen molar-refractivity contribution in [2.45, 2.75) is 6.92 Å². The number of rotatable bonds is 3. The SMILES string of the molecule is COc1cccc(Nc2c(C#N)c(C)nn2C)c1. The van der Waals surface area contributed by atoms with Gasteiger partial charge in [-0.15, -0.1) is 0 Å². The van der Waals surface area contributed by atoms with Crippen molar-refractivity contribution in [3.8, 4) is 11.8 Å². The van der Waals surface area contributed by atoms with Gasteiger partial charge in [-0.2, -0.15) is 10.4 Å². The van der Waals surface area contributed by atoms with Crippen LogP contribution in [0.4, 0.5) is 11.5 Å². The lowest BCUT2D eigenvalue weighted by molar-refractivity contribution is 0.415. The highest BCUT2D eigenvalue weighted by atomic mass is 16.5. The molecule has 92 valence electrons. The Kier molecular flexibility index (Phi) is 3.20. The van der Waals surface area contributed by atoms with Crippen LogP contribution in [0.25, 0.3) is 0 Å². The summed E-state index contributed by atoms with van der Waals surface area (Å²) < 4.78 is 6.82. The van der Waals surface area contributed by atoms with E-state index in [1.165, 1.54) is 0 Å². The van der Waals surface area contributed by atoms with Crippen LogP contribution < -0.4 is 10.1 Å². The molecule has 0 saturated carbocycles. The van der Waals surface area contributed by atoms with Gasteiger partial charge in [0.25, 0.3) is 0 Å². The van der Waals surface area contributed by atoms with E-state index in [0.29, 0.717) is 17.1 Å². The van der Waals surface area contributed by atoms with Crippen molar-refractivity contribution in [1.29, 1.82) is 5.26 Å². The monoisotopic (exact) mass is 242 g/mol. The molecule has 5 nitrogen and oxygen atoms in total. The first-order chi connectivity index (χ1) is 8.65. The van der Waals surface area contributed by atoms with Crippen LogP contribution >= 0.6 is 0 Å². The highest BCUT2D eigenvalue weighted by Crippen LogP contribution is 2.24. The van der Waals surface area contributed by atoms with Crippen molar-refractivity contribution >= 4 is 11.5 Å². The summed E-state index contributed by atoms with van der Waals surface area (Å²) in [6, 6.07) is 9.68. The highest BCUT2D eigenvalue weighted by Gasteiger charge is 2.12.